The maximum absolute atomic E-state index is 5.49. The second kappa shape index (κ2) is 5.79. The fraction of sp³-hybridized carbons (Fsp3) is 0.176. The SMILES string of the molecule is CO/C(=C/c1ccc(OC)cc1)c1ccc2c(c1)OCO2. The van der Waals surface area contributed by atoms with Crippen LogP contribution >= 0.6 is 0 Å². The van der Waals surface area contributed by atoms with Gasteiger partial charge in [-0.05, 0) is 42.0 Å². The molecule has 0 saturated heterocycles. The summed E-state index contributed by atoms with van der Waals surface area (Å²) in [5, 5.41) is 0. The molecule has 2 aromatic rings. The zero-order valence-corrected chi connectivity index (χ0v) is 12.0. The van der Waals surface area contributed by atoms with Gasteiger partial charge in [0.25, 0.3) is 0 Å². The molecule has 4 heteroatoms. The fourth-order valence-corrected chi connectivity index (χ4v) is 2.16. The van der Waals surface area contributed by atoms with E-state index in [-0.39, 0.29) is 6.79 Å². The van der Waals surface area contributed by atoms with Crippen molar-refractivity contribution in [1.29, 1.82) is 0 Å². The summed E-state index contributed by atoms with van der Waals surface area (Å²) < 4.78 is 21.4. The van der Waals surface area contributed by atoms with Crippen molar-refractivity contribution < 1.29 is 18.9 Å². The van der Waals surface area contributed by atoms with E-state index in [2.05, 4.69) is 0 Å². The molecule has 0 N–H and O–H groups in total. The molecule has 1 heterocycles. The summed E-state index contributed by atoms with van der Waals surface area (Å²) in [6, 6.07) is 13.5. The standard InChI is InChI=1S/C17H16O4/c1-18-14-6-3-12(4-7-14)9-16(19-2)13-5-8-15-17(10-13)21-11-20-15/h3-10H,11H2,1-2H3/b16-9+. The Morgan fingerprint density at radius 1 is 1.00 bits per heavy atom. The third-order valence-corrected chi connectivity index (χ3v) is 3.29. The molecule has 2 aromatic carbocycles. The van der Waals surface area contributed by atoms with Crippen LogP contribution in [-0.4, -0.2) is 21.0 Å². The van der Waals surface area contributed by atoms with Gasteiger partial charge in [-0.25, -0.2) is 0 Å². The van der Waals surface area contributed by atoms with Crippen LogP contribution < -0.4 is 14.2 Å². The molecule has 0 fully saturated rings. The molecule has 0 atom stereocenters. The minimum atomic E-state index is 0.267. The molecule has 0 aliphatic carbocycles. The van der Waals surface area contributed by atoms with E-state index in [1.165, 1.54) is 0 Å². The van der Waals surface area contributed by atoms with Gasteiger partial charge >= 0.3 is 0 Å². The first-order valence-corrected chi connectivity index (χ1v) is 6.60. The minimum absolute atomic E-state index is 0.267. The second-order valence-electron chi connectivity index (χ2n) is 4.55. The number of hydrogen-bond acceptors (Lipinski definition) is 4. The summed E-state index contributed by atoms with van der Waals surface area (Å²) in [5.74, 6) is 3.09. The Balaban J connectivity index is 1.91. The highest BCUT2D eigenvalue weighted by Gasteiger charge is 2.14. The van der Waals surface area contributed by atoms with Crippen molar-refractivity contribution in [1.82, 2.24) is 0 Å². The molecule has 0 amide bonds. The molecule has 1 aliphatic rings. The number of hydrogen-bond donors (Lipinski definition) is 0. The lowest BCUT2D eigenvalue weighted by Crippen LogP contribution is -1.93. The quantitative estimate of drug-likeness (QED) is 0.635. The molecule has 0 aromatic heterocycles. The van der Waals surface area contributed by atoms with Crippen molar-refractivity contribution in [3.63, 3.8) is 0 Å². The minimum Gasteiger partial charge on any atom is -0.497 e. The van der Waals surface area contributed by atoms with Crippen molar-refractivity contribution in [3.05, 3.63) is 53.6 Å². The summed E-state index contributed by atoms with van der Waals surface area (Å²) in [6.45, 7) is 0.267. The topological polar surface area (TPSA) is 36.9 Å². The lowest BCUT2D eigenvalue weighted by atomic mass is 10.1. The normalized spacial score (nSPS) is 13.1. The van der Waals surface area contributed by atoms with Gasteiger partial charge < -0.3 is 18.9 Å². The number of benzene rings is 2. The zero-order valence-electron chi connectivity index (χ0n) is 12.0. The van der Waals surface area contributed by atoms with E-state index < -0.39 is 0 Å². The Kier molecular flexibility index (Phi) is 3.69. The van der Waals surface area contributed by atoms with E-state index in [1.54, 1.807) is 14.2 Å². The number of rotatable bonds is 4. The highest BCUT2D eigenvalue weighted by Crippen LogP contribution is 2.35. The summed E-state index contributed by atoms with van der Waals surface area (Å²) >= 11 is 0. The number of ether oxygens (including phenoxy) is 4. The van der Waals surface area contributed by atoms with Gasteiger partial charge in [0.05, 0.1) is 14.2 Å². The highest BCUT2D eigenvalue weighted by molar-refractivity contribution is 5.78. The Labute approximate surface area is 123 Å². The van der Waals surface area contributed by atoms with Gasteiger partial charge in [0, 0.05) is 5.56 Å². The summed E-state index contributed by atoms with van der Waals surface area (Å²) in [7, 11) is 3.30. The van der Waals surface area contributed by atoms with Gasteiger partial charge in [0.2, 0.25) is 6.79 Å². The molecule has 21 heavy (non-hydrogen) atoms. The average Bonchev–Trinajstić information content (AvgIpc) is 3.00. The van der Waals surface area contributed by atoms with Crippen molar-refractivity contribution in [2.75, 3.05) is 21.0 Å². The van der Waals surface area contributed by atoms with Crippen LogP contribution in [0.3, 0.4) is 0 Å². The average molecular weight is 284 g/mol. The zero-order chi connectivity index (χ0) is 14.7. The smallest absolute Gasteiger partial charge is 0.231 e. The van der Waals surface area contributed by atoms with Crippen molar-refractivity contribution in [2.45, 2.75) is 0 Å². The Bertz CT molecular complexity index is 659. The van der Waals surface area contributed by atoms with E-state index in [0.29, 0.717) is 0 Å². The van der Waals surface area contributed by atoms with Crippen LogP contribution in [0.4, 0.5) is 0 Å². The molecule has 0 radical (unpaired) electrons. The fourth-order valence-electron chi connectivity index (χ4n) is 2.16. The predicted octanol–water partition coefficient (Wildman–Crippen LogP) is 3.57. The van der Waals surface area contributed by atoms with Crippen molar-refractivity contribution >= 4 is 11.8 Å². The molecule has 1 aliphatic heterocycles. The summed E-state index contributed by atoms with van der Waals surface area (Å²) in [5.41, 5.74) is 1.97. The van der Waals surface area contributed by atoms with Crippen LogP contribution in [0.1, 0.15) is 11.1 Å². The number of fused-ring (bicyclic) bond motifs is 1. The first-order valence-electron chi connectivity index (χ1n) is 6.60. The molecular formula is C17H16O4. The van der Waals surface area contributed by atoms with Crippen molar-refractivity contribution in [2.24, 2.45) is 0 Å². The van der Waals surface area contributed by atoms with E-state index in [0.717, 1.165) is 34.1 Å². The highest BCUT2D eigenvalue weighted by atomic mass is 16.7. The van der Waals surface area contributed by atoms with Gasteiger partial charge in [-0.15, -0.1) is 0 Å². The third-order valence-electron chi connectivity index (χ3n) is 3.29. The Hall–Kier alpha value is -2.62. The molecular weight excluding hydrogens is 268 g/mol. The number of methoxy groups -OCH3 is 2. The monoisotopic (exact) mass is 284 g/mol. The lowest BCUT2D eigenvalue weighted by Gasteiger charge is -2.08. The van der Waals surface area contributed by atoms with Crippen LogP contribution in [-0.2, 0) is 4.74 Å². The van der Waals surface area contributed by atoms with E-state index >= 15 is 0 Å². The third kappa shape index (κ3) is 2.79. The van der Waals surface area contributed by atoms with Crippen molar-refractivity contribution in [3.8, 4) is 17.2 Å². The molecule has 0 spiro atoms. The maximum Gasteiger partial charge on any atom is 0.231 e. The molecule has 0 unspecified atom stereocenters. The summed E-state index contributed by atoms with van der Waals surface area (Å²) in [4.78, 5) is 0. The molecule has 0 saturated carbocycles. The van der Waals surface area contributed by atoms with Crippen LogP contribution in [0, 0.1) is 0 Å². The van der Waals surface area contributed by atoms with Gasteiger partial charge in [0.1, 0.15) is 11.5 Å². The molecule has 3 rings (SSSR count). The van der Waals surface area contributed by atoms with Crippen LogP contribution in [0.5, 0.6) is 17.2 Å². The van der Waals surface area contributed by atoms with Gasteiger partial charge in [-0.3, -0.25) is 0 Å². The Morgan fingerprint density at radius 3 is 2.48 bits per heavy atom. The van der Waals surface area contributed by atoms with E-state index in [1.807, 2.05) is 48.5 Å². The first-order chi connectivity index (χ1) is 10.3. The lowest BCUT2D eigenvalue weighted by molar-refractivity contribution is 0.174. The summed E-state index contributed by atoms with van der Waals surface area (Å²) in [6.07, 6.45) is 1.97. The first kappa shape index (κ1) is 13.4. The van der Waals surface area contributed by atoms with E-state index in [4.69, 9.17) is 18.9 Å². The van der Waals surface area contributed by atoms with Crippen LogP contribution in [0.2, 0.25) is 0 Å². The van der Waals surface area contributed by atoms with Crippen LogP contribution in [0.25, 0.3) is 11.8 Å². The maximum atomic E-state index is 5.49. The second-order valence-corrected chi connectivity index (χ2v) is 4.55. The van der Waals surface area contributed by atoms with Gasteiger partial charge in [-0.1, -0.05) is 12.1 Å². The molecule has 0 bridgehead atoms. The predicted molar refractivity (Wildman–Crippen MR) is 80.4 cm³/mol. The van der Waals surface area contributed by atoms with Gasteiger partial charge in [0.15, 0.2) is 11.5 Å². The molecule has 4 nitrogen and oxygen atoms in total. The largest absolute Gasteiger partial charge is 0.497 e. The molecule has 108 valence electrons. The van der Waals surface area contributed by atoms with Crippen LogP contribution in [0.15, 0.2) is 42.5 Å². The van der Waals surface area contributed by atoms with Gasteiger partial charge in [-0.2, -0.15) is 0 Å². The Morgan fingerprint density at radius 2 is 1.76 bits per heavy atom. The van der Waals surface area contributed by atoms with E-state index in [9.17, 15) is 0 Å².